The summed E-state index contributed by atoms with van der Waals surface area (Å²) in [4.78, 5) is 12.3. The fourth-order valence-electron chi connectivity index (χ4n) is 2.70. The molecular formula is C17H25NO2. The van der Waals surface area contributed by atoms with Gasteiger partial charge in [-0.3, -0.25) is 4.79 Å². The fourth-order valence-corrected chi connectivity index (χ4v) is 2.70. The maximum Gasteiger partial charge on any atom is 0.323 e. The van der Waals surface area contributed by atoms with Crippen LogP contribution in [-0.2, 0) is 16.1 Å². The number of benzene rings is 1. The predicted molar refractivity (Wildman–Crippen MR) is 80.3 cm³/mol. The molecule has 0 amide bonds. The first-order valence-corrected chi connectivity index (χ1v) is 7.71. The van der Waals surface area contributed by atoms with Gasteiger partial charge >= 0.3 is 5.97 Å². The maximum atomic E-state index is 12.3. The highest BCUT2D eigenvalue weighted by molar-refractivity contribution is 5.76. The van der Waals surface area contributed by atoms with Crippen molar-refractivity contribution in [3.05, 3.63) is 35.9 Å². The monoisotopic (exact) mass is 275 g/mol. The largest absolute Gasteiger partial charge is 0.460 e. The van der Waals surface area contributed by atoms with Crippen molar-refractivity contribution in [2.24, 2.45) is 5.92 Å². The molecule has 2 rings (SSSR count). The van der Waals surface area contributed by atoms with E-state index in [4.69, 9.17) is 4.74 Å². The fraction of sp³-hybridized carbons (Fsp3) is 0.588. The molecule has 1 N–H and O–H groups in total. The van der Waals surface area contributed by atoms with Gasteiger partial charge in [0.15, 0.2) is 0 Å². The molecule has 0 aromatic heterocycles. The third-order valence-electron chi connectivity index (χ3n) is 4.00. The van der Waals surface area contributed by atoms with E-state index in [2.05, 4.69) is 12.2 Å². The molecule has 0 spiro atoms. The van der Waals surface area contributed by atoms with Crippen LogP contribution >= 0.6 is 0 Å². The average Bonchev–Trinajstić information content (AvgIpc) is 2.58. The lowest BCUT2D eigenvalue weighted by Gasteiger charge is -2.22. The molecule has 1 aromatic rings. The van der Waals surface area contributed by atoms with Gasteiger partial charge in [0.2, 0.25) is 0 Å². The smallest absolute Gasteiger partial charge is 0.323 e. The Kier molecular flexibility index (Phi) is 6.06. The summed E-state index contributed by atoms with van der Waals surface area (Å²) in [6, 6.07) is 9.69. The van der Waals surface area contributed by atoms with Crippen molar-refractivity contribution in [1.82, 2.24) is 5.32 Å². The second kappa shape index (κ2) is 8.05. The van der Waals surface area contributed by atoms with Crippen LogP contribution in [0, 0.1) is 5.92 Å². The van der Waals surface area contributed by atoms with Crippen LogP contribution in [0.3, 0.4) is 0 Å². The van der Waals surface area contributed by atoms with Gasteiger partial charge in [0, 0.05) is 0 Å². The molecule has 0 bridgehead atoms. The van der Waals surface area contributed by atoms with Gasteiger partial charge in [0.25, 0.3) is 0 Å². The van der Waals surface area contributed by atoms with Crippen molar-refractivity contribution in [2.45, 2.75) is 51.7 Å². The summed E-state index contributed by atoms with van der Waals surface area (Å²) in [6.07, 6.45) is 5.99. The second-order valence-corrected chi connectivity index (χ2v) is 5.71. The average molecular weight is 275 g/mol. The van der Waals surface area contributed by atoms with Gasteiger partial charge in [0.05, 0.1) is 0 Å². The number of nitrogens with one attached hydrogen (secondary N) is 1. The van der Waals surface area contributed by atoms with Crippen molar-refractivity contribution in [3.63, 3.8) is 0 Å². The molecule has 1 aliphatic heterocycles. The van der Waals surface area contributed by atoms with Gasteiger partial charge in [-0.1, -0.05) is 56.5 Å². The summed E-state index contributed by atoms with van der Waals surface area (Å²) in [5.41, 5.74) is 1.04. The minimum atomic E-state index is -0.156. The van der Waals surface area contributed by atoms with E-state index < -0.39 is 0 Å². The number of esters is 1. The van der Waals surface area contributed by atoms with Crippen LogP contribution in [-0.4, -0.2) is 18.6 Å². The molecule has 1 aromatic carbocycles. The zero-order chi connectivity index (χ0) is 14.2. The molecule has 20 heavy (non-hydrogen) atoms. The number of rotatable bonds is 3. The van der Waals surface area contributed by atoms with E-state index in [0.717, 1.165) is 24.9 Å². The van der Waals surface area contributed by atoms with Gasteiger partial charge in [-0.25, -0.2) is 0 Å². The van der Waals surface area contributed by atoms with E-state index in [9.17, 15) is 4.79 Å². The van der Waals surface area contributed by atoms with Gasteiger partial charge in [-0.05, 0) is 30.9 Å². The second-order valence-electron chi connectivity index (χ2n) is 5.71. The minimum absolute atomic E-state index is 0.108. The van der Waals surface area contributed by atoms with Crippen LogP contribution in [0.4, 0.5) is 0 Å². The maximum absolute atomic E-state index is 12.3. The SMILES string of the molecule is CC1CCCCCCNC1C(=O)OCc1ccccc1. The molecule has 110 valence electrons. The van der Waals surface area contributed by atoms with E-state index >= 15 is 0 Å². The van der Waals surface area contributed by atoms with Crippen LogP contribution in [0.25, 0.3) is 0 Å². The van der Waals surface area contributed by atoms with Crippen LogP contribution in [0.1, 0.15) is 44.6 Å². The summed E-state index contributed by atoms with van der Waals surface area (Å²) < 4.78 is 5.47. The quantitative estimate of drug-likeness (QED) is 0.860. The highest BCUT2D eigenvalue weighted by Gasteiger charge is 2.26. The van der Waals surface area contributed by atoms with Crippen molar-refractivity contribution in [2.75, 3.05) is 6.54 Å². The Hall–Kier alpha value is -1.35. The number of hydrogen-bond acceptors (Lipinski definition) is 3. The first kappa shape index (κ1) is 15.0. The summed E-state index contributed by atoms with van der Waals surface area (Å²) in [7, 11) is 0. The third kappa shape index (κ3) is 4.64. The molecule has 1 saturated heterocycles. The minimum Gasteiger partial charge on any atom is -0.460 e. The Morgan fingerprint density at radius 2 is 1.95 bits per heavy atom. The van der Waals surface area contributed by atoms with Crippen LogP contribution in [0.15, 0.2) is 30.3 Å². The van der Waals surface area contributed by atoms with Gasteiger partial charge in [0.1, 0.15) is 12.6 Å². The van der Waals surface area contributed by atoms with Crippen molar-refractivity contribution in [3.8, 4) is 0 Å². The number of carbonyl (C=O) groups excluding carboxylic acids is 1. The van der Waals surface area contributed by atoms with E-state index in [1.807, 2.05) is 30.3 Å². The zero-order valence-electron chi connectivity index (χ0n) is 12.3. The Balaban J connectivity index is 1.88. The van der Waals surface area contributed by atoms with E-state index in [1.54, 1.807) is 0 Å². The number of hydrogen-bond donors (Lipinski definition) is 1. The molecule has 3 nitrogen and oxygen atoms in total. The van der Waals surface area contributed by atoms with E-state index in [1.165, 1.54) is 19.3 Å². The molecule has 0 saturated carbocycles. The summed E-state index contributed by atoms with van der Waals surface area (Å²) in [5.74, 6) is 0.236. The van der Waals surface area contributed by atoms with Crippen LogP contribution in [0.2, 0.25) is 0 Å². The molecular weight excluding hydrogens is 250 g/mol. The van der Waals surface area contributed by atoms with E-state index in [-0.39, 0.29) is 12.0 Å². The van der Waals surface area contributed by atoms with Crippen molar-refractivity contribution < 1.29 is 9.53 Å². The Morgan fingerprint density at radius 1 is 1.20 bits per heavy atom. The Bertz CT molecular complexity index is 405. The molecule has 1 aliphatic rings. The lowest BCUT2D eigenvalue weighted by molar-refractivity contribution is -0.149. The molecule has 0 aliphatic carbocycles. The summed E-state index contributed by atoms with van der Waals surface area (Å²) in [5, 5.41) is 3.37. The number of carbonyl (C=O) groups is 1. The molecule has 1 fully saturated rings. The Labute approximate surface area is 121 Å². The molecule has 2 unspecified atom stereocenters. The topological polar surface area (TPSA) is 38.3 Å². The molecule has 1 heterocycles. The molecule has 3 heteroatoms. The van der Waals surface area contributed by atoms with Crippen molar-refractivity contribution in [1.29, 1.82) is 0 Å². The zero-order valence-corrected chi connectivity index (χ0v) is 12.3. The summed E-state index contributed by atoms with van der Waals surface area (Å²) >= 11 is 0. The van der Waals surface area contributed by atoms with Gasteiger partial charge in [-0.15, -0.1) is 0 Å². The lowest BCUT2D eigenvalue weighted by Crippen LogP contribution is -2.43. The Morgan fingerprint density at radius 3 is 2.75 bits per heavy atom. The highest BCUT2D eigenvalue weighted by atomic mass is 16.5. The van der Waals surface area contributed by atoms with E-state index in [0.29, 0.717) is 12.5 Å². The van der Waals surface area contributed by atoms with Gasteiger partial charge in [-0.2, -0.15) is 0 Å². The highest BCUT2D eigenvalue weighted by Crippen LogP contribution is 2.18. The third-order valence-corrected chi connectivity index (χ3v) is 4.00. The lowest BCUT2D eigenvalue weighted by atomic mass is 9.96. The van der Waals surface area contributed by atoms with Crippen LogP contribution < -0.4 is 5.32 Å². The van der Waals surface area contributed by atoms with Crippen LogP contribution in [0.5, 0.6) is 0 Å². The normalized spacial score (nSPS) is 24.2. The molecule has 2 atom stereocenters. The van der Waals surface area contributed by atoms with Gasteiger partial charge < -0.3 is 10.1 Å². The standard InChI is InChI=1S/C17H25NO2/c1-14-9-5-2-3-8-12-18-16(14)17(19)20-13-15-10-6-4-7-11-15/h4,6-7,10-11,14,16,18H,2-3,5,8-9,12-13H2,1H3. The first-order chi connectivity index (χ1) is 9.77. The first-order valence-electron chi connectivity index (χ1n) is 7.71. The number of ether oxygens (including phenoxy) is 1. The predicted octanol–water partition coefficient (Wildman–Crippen LogP) is 3.29. The molecule has 0 radical (unpaired) electrons. The van der Waals surface area contributed by atoms with Crippen molar-refractivity contribution >= 4 is 5.97 Å². The summed E-state index contributed by atoms with van der Waals surface area (Å²) in [6.45, 7) is 3.42.